The van der Waals surface area contributed by atoms with Crippen LogP contribution in [0.5, 0.6) is 0 Å². The van der Waals surface area contributed by atoms with Crippen LogP contribution in [0.25, 0.3) is 0 Å². The van der Waals surface area contributed by atoms with Crippen molar-refractivity contribution in [2.24, 2.45) is 0 Å². The molecule has 0 aliphatic carbocycles. The van der Waals surface area contributed by atoms with Crippen molar-refractivity contribution in [3.8, 4) is 0 Å². The molecule has 17 heteroatoms. The second-order valence-electron chi connectivity index (χ2n) is 0.756. The van der Waals surface area contributed by atoms with Gasteiger partial charge in [0.05, 0.1) is 0 Å². The Labute approximate surface area is 117 Å². The molecule has 0 amide bonds. The molecule has 0 radical (unpaired) electrons. The molecular formula is H15BrCl2CoN5O8. The molecule has 0 bridgehead atoms. The van der Waals surface area contributed by atoms with Crippen molar-refractivity contribution in [3.05, 3.63) is 0 Å². The van der Waals surface area contributed by atoms with Crippen LogP contribution in [0.4, 0.5) is 0 Å². The molecule has 17 heavy (non-hydrogen) atoms. The summed E-state index contributed by atoms with van der Waals surface area (Å²) in [5, 5.41) is 0. The van der Waals surface area contributed by atoms with Crippen LogP contribution in [0.15, 0.2) is 0 Å². The summed E-state index contributed by atoms with van der Waals surface area (Å²) in [5.41, 5.74) is 0. The summed E-state index contributed by atoms with van der Waals surface area (Å²) >= 11 is 6.00. The summed E-state index contributed by atoms with van der Waals surface area (Å²) in [6.07, 6.45) is 0. The van der Waals surface area contributed by atoms with Crippen molar-refractivity contribution in [2.75, 3.05) is 0 Å². The zero-order valence-electron chi connectivity index (χ0n) is 8.27. The van der Waals surface area contributed by atoms with Crippen molar-refractivity contribution in [1.82, 2.24) is 30.8 Å². The first-order valence-corrected chi connectivity index (χ1v) is 6.40. The molecule has 0 atom stereocenters. The van der Waals surface area contributed by atoms with Crippen LogP contribution in [0.3, 0.4) is 0 Å². The van der Waals surface area contributed by atoms with E-state index < -0.39 is 20.5 Å². The van der Waals surface area contributed by atoms with E-state index in [2.05, 4.69) is 28.1 Å². The van der Waals surface area contributed by atoms with E-state index in [1.54, 1.807) is 0 Å². The quantitative estimate of drug-likeness (QED) is 0.242. The second-order valence-corrected chi connectivity index (χ2v) is 2.27. The van der Waals surface area contributed by atoms with Crippen LogP contribution in [-0.4, -0.2) is 0 Å². The number of hydrogen-bond acceptors (Lipinski definition) is 13. The molecule has 0 aliphatic heterocycles. The minimum atomic E-state index is -4.94. The van der Waals surface area contributed by atoms with Gasteiger partial charge in [0.2, 0.25) is 0 Å². The van der Waals surface area contributed by atoms with Gasteiger partial charge in [-0.2, -0.15) is 0 Å². The zero-order chi connectivity index (χ0) is 11.0. The Morgan fingerprint density at radius 1 is 0.471 bits per heavy atom. The molecule has 0 spiro atoms. The minimum Gasteiger partial charge on any atom is -0.222 e. The third-order valence-corrected chi connectivity index (χ3v) is 0. The summed E-state index contributed by atoms with van der Waals surface area (Å²) < 4.78 is 67.9. The van der Waals surface area contributed by atoms with Gasteiger partial charge in [0.25, 0.3) is 0 Å². The Morgan fingerprint density at radius 2 is 0.471 bits per heavy atom. The molecule has 0 rings (SSSR count). The molecule has 0 unspecified atom stereocenters. The van der Waals surface area contributed by atoms with Crippen LogP contribution in [-0.2, 0) is 13.9 Å². The summed E-state index contributed by atoms with van der Waals surface area (Å²) in [5.74, 6) is 0. The predicted molar refractivity (Wildman–Crippen MR) is 34.0 cm³/mol. The maximum atomic E-state index is 8.49. The Bertz CT molecular complexity index is 74.9. The molecule has 118 valence electrons. The summed E-state index contributed by atoms with van der Waals surface area (Å²) in [6.45, 7) is 0. The van der Waals surface area contributed by atoms with Crippen LogP contribution in [0.2, 0.25) is 0 Å². The minimum absolute atomic E-state index is 0. The van der Waals surface area contributed by atoms with Gasteiger partial charge in [-0.3, -0.25) is 0 Å². The third-order valence-electron chi connectivity index (χ3n) is 0. The van der Waals surface area contributed by atoms with E-state index in [1.165, 1.54) is 0 Å². The van der Waals surface area contributed by atoms with Crippen molar-refractivity contribution < 1.29 is 71.7 Å². The van der Waals surface area contributed by atoms with Gasteiger partial charge in [0, 0.05) is 0 Å². The van der Waals surface area contributed by atoms with E-state index >= 15 is 0 Å². The molecule has 0 fully saturated rings. The topological polar surface area (TPSA) is 359 Å². The number of halogens is 3. The molecule has 0 aromatic heterocycles. The fourth-order valence-electron chi connectivity index (χ4n) is 0. The fourth-order valence-corrected chi connectivity index (χ4v) is 0. The van der Waals surface area contributed by atoms with E-state index in [0.717, 1.165) is 0 Å². The van der Waals surface area contributed by atoms with Gasteiger partial charge in [0.1, 0.15) is 0 Å². The number of hydrogen-bond donors (Lipinski definition) is 5. The van der Waals surface area contributed by atoms with Gasteiger partial charge in [0.15, 0.2) is 0 Å². The molecule has 0 heterocycles. The van der Waals surface area contributed by atoms with Crippen molar-refractivity contribution in [2.45, 2.75) is 0 Å². The maximum Gasteiger partial charge on any atom is -0.112 e. The average molecular weight is 423 g/mol. The van der Waals surface area contributed by atoms with Gasteiger partial charge < -0.3 is 30.8 Å². The largest absolute Gasteiger partial charge is 0.222 e. The summed E-state index contributed by atoms with van der Waals surface area (Å²) in [4.78, 5) is 0. The molecular weight excluding hydrogens is 408 g/mol. The maximum absolute atomic E-state index is 8.49. The fraction of sp³-hybridized carbons (Fsp3) is 0. The van der Waals surface area contributed by atoms with Gasteiger partial charge in [-0.15, -0.1) is 20.5 Å². The van der Waals surface area contributed by atoms with E-state index in [1.807, 2.05) is 0 Å². The van der Waals surface area contributed by atoms with Crippen LogP contribution in [0, 0.1) is 20.5 Å². The number of rotatable bonds is 0. The predicted octanol–water partition coefficient (Wildman–Crippen LogP) is -7.86. The second kappa shape index (κ2) is 25.8. The van der Waals surface area contributed by atoms with Crippen LogP contribution >= 0.6 is 14.2 Å². The van der Waals surface area contributed by atoms with E-state index in [9.17, 15) is 0 Å². The first-order valence-electron chi connectivity index (χ1n) is 1.36. The normalized spacial score (nSPS) is 7.41. The molecule has 13 nitrogen and oxygen atoms in total. The van der Waals surface area contributed by atoms with Crippen LogP contribution < -0.4 is 68.0 Å². The Hall–Kier alpha value is 1.05. The molecule has 0 aromatic rings. The first kappa shape index (κ1) is 52.0. The average Bonchev–Trinajstić information content (AvgIpc) is 1.59. The van der Waals surface area contributed by atoms with Gasteiger partial charge in [-0.25, -0.2) is 37.3 Å². The Morgan fingerprint density at radius 3 is 0.471 bits per heavy atom. The third kappa shape index (κ3) is 3520. The monoisotopic (exact) mass is 421 g/mol. The van der Waals surface area contributed by atoms with E-state index in [4.69, 9.17) is 37.3 Å². The van der Waals surface area contributed by atoms with Crippen molar-refractivity contribution in [1.29, 1.82) is 0 Å². The smallest absolute Gasteiger partial charge is 0.112 e. The molecule has 15 N–H and O–H groups in total. The zero-order valence-corrected chi connectivity index (χ0v) is 12.4. The Balaban J connectivity index is -0.0000000110. The van der Waals surface area contributed by atoms with Gasteiger partial charge in [-0.05, 0) is 0 Å². The summed E-state index contributed by atoms with van der Waals surface area (Å²) in [7, 11) is -9.89. The van der Waals surface area contributed by atoms with E-state index in [0.29, 0.717) is 0 Å². The van der Waals surface area contributed by atoms with Crippen molar-refractivity contribution >= 4 is 14.2 Å². The standard InChI is InChI=1S/BrH.2ClHO4.Co.5H3N/c;2*2-1(3,4)5;;;;;;/h1H;2*(H,2,3,4,5);;5*1H3/q;;;+3;;;;;/p-3. The van der Waals surface area contributed by atoms with Gasteiger partial charge in [-0.1, -0.05) is 0 Å². The van der Waals surface area contributed by atoms with Gasteiger partial charge >= 0.3 is 28.1 Å². The first-order chi connectivity index (χ1) is 5.00. The van der Waals surface area contributed by atoms with Crippen LogP contribution in [0.1, 0.15) is 0 Å². The molecule has 0 saturated heterocycles. The van der Waals surface area contributed by atoms with E-state index in [-0.39, 0.29) is 30.8 Å². The molecule has 0 aromatic carbocycles. The Kier molecular flexibility index (Phi) is 78.8. The molecule has 0 aliphatic rings. The van der Waals surface area contributed by atoms with Crippen molar-refractivity contribution in [3.63, 3.8) is 0 Å². The SMILES string of the molecule is N.N.N.N.N.[Co+2][Br].[O-][Cl+3]([O-])([O-])[O-].[O-][Cl+3]([O-])([O-])[O-]. The molecule has 0 saturated carbocycles. The summed E-state index contributed by atoms with van der Waals surface area (Å²) in [6, 6.07) is 0.